The molecule has 1 nitrogen and oxygen atoms in total. The minimum atomic E-state index is 0.246. The Morgan fingerprint density at radius 2 is 2.07 bits per heavy atom. The summed E-state index contributed by atoms with van der Waals surface area (Å²) in [6.07, 6.45) is 1.44. The van der Waals surface area contributed by atoms with Crippen molar-refractivity contribution in [2.75, 3.05) is 0 Å². The summed E-state index contributed by atoms with van der Waals surface area (Å²) in [6, 6.07) is 6.47. The molecule has 2 unspecified atom stereocenters. The Bertz CT molecular complexity index is 360. The van der Waals surface area contributed by atoms with Gasteiger partial charge in [-0.3, -0.25) is 0 Å². The van der Waals surface area contributed by atoms with Crippen LogP contribution in [0.1, 0.15) is 49.1 Å². The largest absolute Gasteiger partial charge is 0.491 e. The summed E-state index contributed by atoms with van der Waals surface area (Å²) in [5.41, 5.74) is 2.87. The van der Waals surface area contributed by atoms with Crippen LogP contribution in [0.3, 0.4) is 0 Å². The van der Waals surface area contributed by atoms with Crippen LogP contribution in [-0.4, -0.2) is 6.10 Å². The van der Waals surface area contributed by atoms with Gasteiger partial charge in [0.1, 0.15) is 5.75 Å². The van der Waals surface area contributed by atoms with E-state index in [2.05, 4.69) is 54.9 Å². The highest BCUT2D eigenvalue weighted by molar-refractivity contribution is 9.09. The van der Waals surface area contributed by atoms with Crippen molar-refractivity contribution in [1.29, 1.82) is 0 Å². The molecule has 1 aliphatic carbocycles. The molecule has 1 aromatic carbocycles. The van der Waals surface area contributed by atoms with Crippen molar-refractivity contribution >= 4 is 15.9 Å². The zero-order chi connectivity index (χ0) is 11.0. The number of hydrogen-bond acceptors (Lipinski definition) is 1. The lowest BCUT2D eigenvalue weighted by Gasteiger charge is -2.12. The monoisotopic (exact) mass is 268 g/mol. The standard InChI is InChI=1S/C13H17BrO/c1-8(2)15-10-4-5-11-9(3)6-13(14)12(11)7-10/h4-5,7-9,13H,6H2,1-3H3. The zero-order valence-electron chi connectivity index (χ0n) is 9.46. The molecule has 0 heterocycles. The molecule has 1 aliphatic rings. The van der Waals surface area contributed by atoms with E-state index < -0.39 is 0 Å². The van der Waals surface area contributed by atoms with Crippen LogP contribution in [0.2, 0.25) is 0 Å². The summed E-state index contributed by atoms with van der Waals surface area (Å²) in [5.74, 6) is 1.65. The molecule has 2 rings (SSSR count). The van der Waals surface area contributed by atoms with Gasteiger partial charge < -0.3 is 4.74 Å². The number of hydrogen-bond donors (Lipinski definition) is 0. The highest BCUT2D eigenvalue weighted by atomic mass is 79.9. The molecular weight excluding hydrogens is 252 g/mol. The Kier molecular flexibility index (Phi) is 3.06. The van der Waals surface area contributed by atoms with Gasteiger partial charge in [0.15, 0.2) is 0 Å². The maximum Gasteiger partial charge on any atom is 0.120 e. The first-order valence-corrected chi connectivity index (χ1v) is 6.44. The molecule has 2 atom stereocenters. The number of benzene rings is 1. The van der Waals surface area contributed by atoms with Crippen LogP contribution in [0, 0.1) is 0 Å². The van der Waals surface area contributed by atoms with Crippen LogP contribution in [0.5, 0.6) is 5.75 Å². The molecule has 82 valence electrons. The zero-order valence-corrected chi connectivity index (χ0v) is 11.0. The van der Waals surface area contributed by atoms with E-state index in [4.69, 9.17) is 4.74 Å². The van der Waals surface area contributed by atoms with Crippen LogP contribution >= 0.6 is 15.9 Å². The molecule has 0 radical (unpaired) electrons. The fraction of sp³-hybridized carbons (Fsp3) is 0.538. The summed E-state index contributed by atoms with van der Waals surface area (Å²) in [4.78, 5) is 0.498. The molecule has 15 heavy (non-hydrogen) atoms. The van der Waals surface area contributed by atoms with Crippen molar-refractivity contribution in [3.05, 3.63) is 29.3 Å². The van der Waals surface area contributed by atoms with Crippen molar-refractivity contribution in [3.8, 4) is 5.75 Å². The van der Waals surface area contributed by atoms with Crippen LogP contribution in [-0.2, 0) is 0 Å². The lowest BCUT2D eigenvalue weighted by Crippen LogP contribution is -2.05. The smallest absolute Gasteiger partial charge is 0.120 e. The molecule has 0 N–H and O–H groups in total. The third-order valence-corrected chi connectivity index (χ3v) is 3.73. The highest BCUT2D eigenvalue weighted by Crippen LogP contribution is 2.45. The number of alkyl halides is 1. The van der Waals surface area contributed by atoms with Gasteiger partial charge in [-0.1, -0.05) is 28.9 Å². The first-order chi connectivity index (χ1) is 7.08. The SMILES string of the molecule is CC(C)Oc1ccc2c(c1)C(Br)CC2C. The third-order valence-electron chi connectivity index (χ3n) is 2.86. The summed E-state index contributed by atoms with van der Waals surface area (Å²) in [6.45, 7) is 6.39. The minimum absolute atomic E-state index is 0.246. The van der Waals surface area contributed by atoms with E-state index in [0.29, 0.717) is 10.7 Å². The molecule has 0 spiro atoms. The van der Waals surface area contributed by atoms with Crippen molar-refractivity contribution < 1.29 is 4.74 Å². The van der Waals surface area contributed by atoms with Gasteiger partial charge >= 0.3 is 0 Å². The summed E-state index contributed by atoms with van der Waals surface area (Å²) in [5, 5.41) is 0. The average molecular weight is 269 g/mol. The van der Waals surface area contributed by atoms with E-state index >= 15 is 0 Å². The topological polar surface area (TPSA) is 9.23 Å². The Morgan fingerprint density at radius 3 is 2.73 bits per heavy atom. The molecule has 1 aromatic rings. The second-order valence-corrected chi connectivity index (χ2v) is 5.67. The summed E-state index contributed by atoms with van der Waals surface area (Å²) in [7, 11) is 0. The lowest BCUT2D eigenvalue weighted by atomic mass is 10.0. The van der Waals surface area contributed by atoms with Crippen molar-refractivity contribution in [2.45, 2.75) is 44.0 Å². The molecule has 0 aliphatic heterocycles. The van der Waals surface area contributed by atoms with E-state index in [1.54, 1.807) is 0 Å². The van der Waals surface area contributed by atoms with Crippen molar-refractivity contribution in [2.24, 2.45) is 0 Å². The predicted molar refractivity (Wildman–Crippen MR) is 66.9 cm³/mol. The van der Waals surface area contributed by atoms with E-state index in [1.165, 1.54) is 17.5 Å². The molecule has 0 saturated carbocycles. The fourth-order valence-corrected chi connectivity index (χ4v) is 3.14. The van der Waals surface area contributed by atoms with E-state index in [9.17, 15) is 0 Å². The molecular formula is C13H17BrO. The Balaban J connectivity index is 2.30. The summed E-state index contributed by atoms with van der Waals surface area (Å²) < 4.78 is 5.70. The molecule has 0 amide bonds. The second-order valence-electron chi connectivity index (χ2n) is 4.56. The minimum Gasteiger partial charge on any atom is -0.491 e. The van der Waals surface area contributed by atoms with Gasteiger partial charge in [-0.2, -0.15) is 0 Å². The average Bonchev–Trinajstić information content (AvgIpc) is 2.41. The van der Waals surface area contributed by atoms with Crippen molar-refractivity contribution in [3.63, 3.8) is 0 Å². The molecule has 0 fully saturated rings. The van der Waals surface area contributed by atoms with Crippen LogP contribution < -0.4 is 4.74 Å². The Labute approximate surface area is 100.0 Å². The van der Waals surface area contributed by atoms with Gasteiger partial charge in [0.25, 0.3) is 0 Å². The van der Waals surface area contributed by atoms with E-state index in [-0.39, 0.29) is 6.10 Å². The number of halogens is 1. The van der Waals surface area contributed by atoms with Crippen LogP contribution in [0.25, 0.3) is 0 Å². The first kappa shape index (κ1) is 11.0. The number of ether oxygens (including phenoxy) is 1. The van der Waals surface area contributed by atoms with Gasteiger partial charge in [0, 0.05) is 4.83 Å². The van der Waals surface area contributed by atoms with E-state index in [0.717, 1.165) is 5.75 Å². The first-order valence-electron chi connectivity index (χ1n) is 5.52. The number of rotatable bonds is 2. The lowest BCUT2D eigenvalue weighted by molar-refractivity contribution is 0.242. The highest BCUT2D eigenvalue weighted by Gasteiger charge is 2.26. The molecule has 0 bridgehead atoms. The second kappa shape index (κ2) is 4.17. The summed E-state index contributed by atoms with van der Waals surface area (Å²) >= 11 is 3.72. The van der Waals surface area contributed by atoms with Gasteiger partial charge in [-0.15, -0.1) is 0 Å². The van der Waals surface area contributed by atoms with Crippen molar-refractivity contribution in [1.82, 2.24) is 0 Å². The van der Waals surface area contributed by atoms with E-state index in [1.807, 2.05) is 0 Å². The third kappa shape index (κ3) is 2.20. The van der Waals surface area contributed by atoms with Gasteiger partial charge in [-0.25, -0.2) is 0 Å². The maximum atomic E-state index is 5.70. The Hall–Kier alpha value is -0.500. The van der Waals surface area contributed by atoms with Gasteiger partial charge in [0.05, 0.1) is 6.10 Å². The molecule has 2 heteroatoms. The Morgan fingerprint density at radius 1 is 1.33 bits per heavy atom. The maximum absolute atomic E-state index is 5.70. The van der Waals surface area contributed by atoms with Gasteiger partial charge in [-0.05, 0) is 49.4 Å². The van der Waals surface area contributed by atoms with Gasteiger partial charge in [0.2, 0.25) is 0 Å². The van der Waals surface area contributed by atoms with Crippen LogP contribution in [0.15, 0.2) is 18.2 Å². The molecule has 0 aromatic heterocycles. The normalized spacial score (nSPS) is 24.3. The predicted octanol–water partition coefficient (Wildman–Crippen LogP) is 4.42. The number of fused-ring (bicyclic) bond motifs is 1. The quantitative estimate of drug-likeness (QED) is 0.722. The van der Waals surface area contributed by atoms with Crippen LogP contribution in [0.4, 0.5) is 0 Å². The molecule has 0 saturated heterocycles. The fourth-order valence-electron chi connectivity index (χ4n) is 2.18.